The number of nitrogens with one attached hydrogen (secondary N) is 1. The molecule has 15 heavy (non-hydrogen) atoms. The predicted molar refractivity (Wildman–Crippen MR) is 58.4 cm³/mol. The number of hydrogen-bond acceptors (Lipinski definition) is 3. The molecule has 0 saturated heterocycles. The molecule has 0 aromatic carbocycles. The SMILES string of the molecule is CN1CC=C(C(=O)Nc2ccccn2)C1. The van der Waals surface area contributed by atoms with Crippen LogP contribution >= 0.6 is 0 Å². The molecule has 2 heterocycles. The number of amides is 1. The van der Waals surface area contributed by atoms with E-state index in [0.29, 0.717) is 12.4 Å². The van der Waals surface area contributed by atoms with Gasteiger partial charge in [-0.25, -0.2) is 4.98 Å². The van der Waals surface area contributed by atoms with E-state index in [9.17, 15) is 4.79 Å². The Morgan fingerprint density at radius 2 is 2.40 bits per heavy atom. The van der Waals surface area contributed by atoms with E-state index in [2.05, 4.69) is 15.2 Å². The molecular weight excluding hydrogens is 190 g/mol. The number of nitrogens with zero attached hydrogens (tertiary/aromatic N) is 2. The molecule has 0 unspecified atom stereocenters. The van der Waals surface area contributed by atoms with Crippen LogP contribution in [-0.2, 0) is 4.79 Å². The van der Waals surface area contributed by atoms with E-state index < -0.39 is 0 Å². The van der Waals surface area contributed by atoms with Crippen molar-refractivity contribution in [1.82, 2.24) is 9.88 Å². The highest BCUT2D eigenvalue weighted by Gasteiger charge is 2.16. The molecule has 0 fully saturated rings. The maximum absolute atomic E-state index is 11.7. The minimum atomic E-state index is -0.0574. The summed E-state index contributed by atoms with van der Waals surface area (Å²) in [7, 11) is 1.98. The smallest absolute Gasteiger partial charge is 0.253 e. The Bertz CT molecular complexity index is 386. The van der Waals surface area contributed by atoms with Crippen LogP contribution in [0.15, 0.2) is 36.0 Å². The Morgan fingerprint density at radius 3 is 3.00 bits per heavy atom. The predicted octanol–water partition coefficient (Wildman–Crippen LogP) is 0.892. The Balaban J connectivity index is 1.99. The summed E-state index contributed by atoms with van der Waals surface area (Å²) in [5.74, 6) is 0.538. The molecule has 2 rings (SSSR count). The van der Waals surface area contributed by atoms with Gasteiger partial charge in [-0.1, -0.05) is 12.1 Å². The summed E-state index contributed by atoms with van der Waals surface area (Å²) in [6.07, 6.45) is 3.60. The third-order valence-electron chi connectivity index (χ3n) is 2.29. The number of carbonyl (C=O) groups excluding carboxylic acids is 1. The lowest BCUT2D eigenvalue weighted by atomic mass is 10.2. The lowest BCUT2D eigenvalue weighted by Crippen LogP contribution is -2.20. The Hall–Kier alpha value is -1.68. The fourth-order valence-electron chi connectivity index (χ4n) is 1.48. The Labute approximate surface area is 88.6 Å². The molecule has 0 spiro atoms. The lowest BCUT2D eigenvalue weighted by Gasteiger charge is -2.07. The van der Waals surface area contributed by atoms with Gasteiger partial charge in [0, 0.05) is 24.9 Å². The normalized spacial score (nSPS) is 16.2. The number of rotatable bonds is 2. The van der Waals surface area contributed by atoms with Gasteiger partial charge in [0.05, 0.1) is 0 Å². The van der Waals surface area contributed by atoms with Gasteiger partial charge in [-0.05, 0) is 19.2 Å². The van der Waals surface area contributed by atoms with Crippen LogP contribution in [0.4, 0.5) is 5.82 Å². The summed E-state index contributed by atoms with van der Waals surface area (Å²) >= 11 is 0. The van der Waals surface area contributed by atoms with E-state index in [1.807, 2.05) is 25.3 Å². The molecular formula is C11H13N3O. The van der Waals surface area contributed by atoms with E-state index in [-0.39, 0.29) is 5.91 Å². The van der Waals surface area contributed by atoms with Crippen LogP contribution in [0.3, 0.4) is 0 Å². The molecule has 0 radical (unpaired) electrons. The van der Waals surface area contributed by atoms with Gasteiger partial charge in [0.25, 0.3) is 5.91 Å². The standard InChI is InChI=1S/C11H13N3O/c1-14-7-5-9(8-14)11(15)13-10-4-2-3-6-12-10/h2-6H,7-8H2,1H3,(H,12,13,15). The van der Waals surface area contributed by atoms with Crippen LogP contribution in [0.5, 0.6) is 0 Å². The highest BCUT2D eigenvalue weighted by molar-refractivity contribution is 6.03. The maximum Gasteiger partial charge on any atom is 0.253 e. The Morgan fingerprint density at radius 1 is 1.53 bits per heavy atom. The first kappa shape index (κ1) is 9.86. The fourth-order valence-corrected chi connectivity index (χ4v) is 1.48. The van der Waals surface area contributed by atoms with Crippen LogP contribution in [0, 0.1) is 0 Å². The van der Waals surface area contributed by atoms with Crippen molar-refractivity contribution in [3.63, 3.8) is 0 Å². The molecule has 1 N–H and O–H groups in total. The topological polar surface area (TPSA) is 45.2 Å². The first-order valence-electron chi connectivity index (χ1n) is 4.85. The first-order valence-corrected chi connectivity index (χ1v) is 4.85. The molecule has 78 valence electrons. The Kier molecular flexibility index (Phi) is 2.78. The second-order valence-corrected chi connectivity index (χ2v) is 3.60. The molecule has 1 aliphatic rings. The number of aromatic nitrogens is 1. The number of likely N-dealkylation sites (N-methyl/N-ethyl adjacent to an activating group) is 1. The molecule has 0 bridgehead atoms. The van der Waals surface area contributed by atoms with E-state index in [0.717, 1.165) is 12.1 Å². The van der Waals surface area contributed by atoms with E-state index >= 15 is 0 Å². The van der Waals surface area contributed by atoms with Crippen LogP contribution in [-0.4, -0.2) is 35.9 Å². The molecule has 1 aromatic heterocycles. The minimum Gasteiger partial charge on any atom is -0.307 e. The summed E-state index contributed by atoms with van der Waals surface area (Å²) in [6, 6.07) is 5.44. The zero-order valence-corrected chi connectivity index (χ0v) is 8.60. The highest BCUT2D eigenvalue weighted by atomic mass is 16.1. The largest absolute Gasteiger partial charge is 0.307 e. The van der Waals surface area contributed by atoms with Gasteiger partial charge >= 0.3 is 0 Å². The van der Waals surface area contributed by atoms with Crippen molar-refractivity contribution in [2.24, 2.45) is 0 Å². The summed E-state index contributed by atoms with van der Waals surface area (Å²) < 4.78 is 0. The van der Waals surface area contributed by atoms with E-state index in [1.54, 1.807) is 12.3 Å². The summed E-state index contributed by atoms with van der Waals surface area (Å²) in [5, 5.41) is 2.76. The minimum absolute atomic E-state index is 0.0574. The summed E-state index contributed by atoms with van der Waals surface area (Å²) in [4.78, 5) is 17.8. The summed E-state index contributed by atoms with van der Waals surface area (Å²) in [5.41, 5.74) is 0.808. The number of pyridine rings is 1. The van der Waals surface area contributed by atoms with Gasteiger partial charge in [-0.15, -0.1) is 0 Å². The number of anilines is 1. The van der Waals surface area contributed by atoms with Crippen LogP contribution in [0.25, 0.3) is 0 Å². The molecule has 0 atom stereocenters. The average Bonchev–Trinajstić information content (AvgIpc) is 2.66. The van der Waals surface area contributed by atoms with Crippen LogP contribution in [0.1, 0.15) is 0 Å². The van der Waals surface area contributed by atoms with Crippen molar-refractivity contribution in [3.05, 3.63) is 36.0 Å². The zero-order valence-electron chi connectivity index (χ0n) is 8.60. The van der Waals surface area contributed by atoms with Gasteiger partial charge in [0.2, 0.25) is 0 Å². The van der Waals surface area contributed by atoms with Crippen molar-refractivity contribution < 1.29 is 4.79 Å². The van der Waals surface area contributed by atoms with Gasteiger partial charge in [0.15, 0.2) is 0 Å². The quantitative estimate of drug-likeness (QED) is 0.776. The van der Waals surface area contributed by atoms with Gasteiger partial charge in [0.1, 0.15) is 5.82 Å². The molecule has 4 nitrogen and oxygen atoms in total. The molecule has 4 heteroatoms. The fraction of sp³-hybridized carbons (Fsp3) is 0.273. The highest BCUT2D eigenvalue weighted by Crippen LogP contribution is 2.09. The maximum atomic E-state index is 11.7. The molecule has 1 amide bonds. The lowest BCUT2D eigenvalue weighted by molar-refractivity contribution is -0.112. The molecule has 1 aromatic rings. The average molecular weight is 203 g/mol. The van der Waals surface area contributed by atoms with Gasteiger partial charge in [-0.3, -0.25) is 9.69 Å². The van der Waals surface area contributed by atoms with Crippen molar-refractivity contribution >= 4 is 11.7 Å². The van der Waals surface area contributed by atoms with Gasteiger partial charge in [-0.2, -0.15) is 0 Å². The molecule has 1 aliphatic heterocycles. The van der Waals surface area contributed by atoms with Crippen molar-refractivity contribution in [2.45, 2.75) is 0 Å². The van der Waals surface area contributed by atoms with Crippen molar-refractivity contribution in [3.8, 4) is 0 Å². The third kappa shape index (κ3) is 2.41. The summed E-state index contributed by atoms with van der Waals surface area (Å²) in [6.45, 7) is 1.55. The van der Waals surface area contributed by atoms with Crippen molar-refractivity contribution in [1.29, 1.82) is 0 Å². The number of hydrogen-bond donors (Lipinski definition) is 1. The van der Waals surface area contributed by atoms with Crippen LogP contribution in [0.2, 0.25) is 0 Å². The van der Waals surface area contributed by atoms with Crippen molar-refractivity contribution in [2.75, 3.05) is 25.5 Å². The monoisotopic (exact) mass is 203 g/mol. The van der Waals surface area contributed by atoms with E-state index in [1.165, 1.54) is 0 Å². The first-order chi connectivity index (χ1) is 7.25. The molecule has 0 saturated carbocycles. The second-order valence-electron chi connectivity index (χ2n) is 3.60. The zero-order chi connectivity index (χ0) is 10.7. The van der Waals surface area contributed by atoms with Crippen LogP contribution < -0.4 is 5.32 Å². The van der Waals surface area contributed by atoms with Gasteiger partial charge < -0.3 is 5.32 Å². The molecule has 0 aliphatic carbocycles. The van der Waals surface area contributed by atoms with E-state index in [4.69, 9.17) is 0 Å². The second kappa shape index (κ2) is 4.23. The number of carbonyl (C=O) groups is 1. The third-order valence-corrected chi connectivity index (χ3v) is 2.29.